The highest BCUT2D eigenvalue weighted by atomic mass is 16.5. The highest BCUT2D eigenvalue weighted by Gasteiger charge is 2.34. The van der Waals surface area contributed by atoms with Crippen molar-refractivity contribution in [1.29, 1.82) is 0 Å². The van der Waals surface area contributed by atoms with Gasteiger partial charge in [0.25, 0.3) is 0 Å². The fourth-order valence-electron chi connectivity index (χ4n) is 4.57. The molecule has 0 saturated heterocycles. The molecule has 2 aliphatic rings. The number of phenols is 1. The van der Waals surface area contributed by atoms with Crippen molar-refractivity contribution < 1.29 is 23.7 Å². The average molecular weight is 410 g/mol. The first-order valence-electron chi connectivity index (χ1n) is 10.3. The number of hydrogen-bond donors (Lipinski definition) is 1. The van der Waals surface area contributed by atoms with Crippen molar-refractivity contribution in [3.63, 3.8) is 0 Å². The molecule has 2 aromatic carbocycles. The Bertz CT molecular complexity index is 1260. The Balaban J connectivity index is 1.85. The zero-order valence-corrected chi connectivity index (χ0v) is 18.0. The van der Waals surface area contributed by atoms with E-state index in [0.29, 0.717) is 52.2 Å². The largest absolute Gasteiger partial charge is 0.507 e. The van der Waals surface area contributed by atoms with E-state index in [1.54, 1.807) is 19.2 Å². The Morgan fingerprint density at radius 2 is 1.57 bits per heavy atom. The van der Waals surface area contributed by atoms with Gasteiger partial charge in [-0.15, -0.1) is 0 Å². The Kier molecular flexibility index (Phi) is 3.86. The van der Waals surface area contributed by atoms with E-state index < -0.39 is 0 Å². The van der Waals surface area contributed by atoms with Gasteiger partial charge >= 0.3 is 0 Å². The van der Waals surface area contributed by atoms with Crippen LogP contribution in [0.15, 0.2) is 21.3 Å². The van der Waals surface area contributed by atoms with Gasteiger partial charge in [0.2, 0.25) is 5.43 Å². The van der Waals surface area contributed by atoms with Gasteiger partial charge in [0, 0.05) is 23.3 Å². The van der Waals surface area contributed by atoms with E-state index in [1.165, 1.54) is 0 Å². The first kappa shape index (κ1) is 19.1. The number of aromatic hydroxyl groups is 1. The second kappa shape index (κ2) is 6.06. The molecule has 158 valence electrons. The summed E-state index contributed by atoms with van der Waals surface area (Å²) in [7, 11) is 1.57. The van der Waals surface area contributed by atoms with Crippen LogP contribution in [0.2, 0.25) is 0 Å². The van der Waals surface area contributed by atoms with E-state index in [1.807, 2.05) is 27.7 Å². The van der Waals surface area contributed by atoms with Crippen LogP contribution < -0.4 is 19.6 Å². The molecule has 0 spiro atoms. The predicted molar refractivity (Wildman–Crippen MR) is 114 cm³/mol. The maximum Gasteiger partial charge on any atom is 0.204 e. The summed E-state index contributed by atoms with van der Waals surface area (Å²) in [5.74, 6) is 1.63. The maximum atomic E-state index is 13.6. The van der Waals surface area contributed by atoms with Crippen LogP contribution in [-0.4, -0.2) is 23.4 Å². The summed E-state index contributed by atoms with van der Waals surface area (Å²) in [6, 6.07) is 3.41. The van der Waals surface area contributed by atoms with Gasteiger partial charge in [0.1, 0.15) is 39.3 Å². The molecular formula is C24H26O6. The summed E-state index contributed by atoms with van der Waals surface area (Å²) >= 11 is 0. The molecule has 6 nitrogen and oxygen atoms in total. The highest BCUT2D eigenvalue weighted by Crippen LogP contribution is 2.46. The van der Waals surface area contributed by atoms with E-state index in [-0.39, 0.29) is 27.8 Å². The third-order valence-corrected chi connectivity index (χ3v) is 6.25. The van der Waals surface area contributed by atoms with Crippen LogP contribution in [-0.2, 0) is 12.8 Å². The SMILES string of the molecule is COc1cc2oc3cc4c(c(O)c3c(=O)c2c2c1OC(C)(C)CC2)CCC(C)(C)O4. The third-order valence-electron chi connectivity index (χ3n) is 6.25. The number of methoxy groups -OCH3 is 1. The zero-order chi connectivity index (χ0) is 21.4. The molecule has 0 unspecified atom stereocenters. The monoisotopic (exact) mass is 410 g/mol. The minimum Gasteiger partial charge on any atom is -0.507 e. The van der Waals surface area contributed by atoms with Gasteiger partial charge in [-0.1, -0.05) is 0 Å². The lowest BCUT2D eigenvalue weighted by Gasteiger charge is -2.34. The van der Waals surface area contributed by atoms with E-state index in [9.17, 15) is 9.90 Å². The van der Waals surface area contributed by atoms with Crippen LogP contribution in [0.1, 0.15) is 51.7 Å². The molecular weight excluding hydrogens is 384 g/mol. The molecule has 0 amide bonds. The van der Waals surface area contributed by atoms with Crippen LogP contribution in [0.3, 0.4) is 0 Å². The minimum atomic E-state index is -0.351. The number of aryl methyl sites for hydroxylation is 1. The fourth-order valence-corrected chi connectivity index (χ4v) is 4.57. The second-order valence-corrected chi connectivity index (χ2v) is 9.49. The second-order valence-electron chi connectivity index (χ2n) is 9.49. The highest BCUT2D eigenvalue weighted by molar-refractivity contribution is 5.98. The molecule has 3 heterocycles. The topological polar surface area (TPSA) is 78.1 Å². The Morgan fingerprint density at radius 3 is 2.27 bits per heavy atom. The van der Waals surface area contributed by atoms with Gasteiger partial charge in [0.05, 0.1) is 12.5 Å². The molecule has 6 heteroatoms. The predicted octanol–water partition coefficient (Wildman–Crippen LogP) is 4.87. The van der Waals surface area contributed by atoms with Gasteiger partial charge in [0.15, 0.2) is 11.5 Å². The first-order chi connectivity index (χ1) is 14.1. The van der Waals surface area contributed by atoms with Crippen LogP contribution in [0.5, 0.6) is 23.0 Å². The number of rotatable bonds is 1. The van der Waals surface area contributed by atoms with E-state index in [2.05, 4.69) is 0 Å². The normalized spacial score (nSPS) is 19.0. The standard InChI is InChI=1S/C24H26O6/c1-23(2)8-6-12-14(29-23)10-16-19(20(12)25)21(26)18-13-7-9-24(3,4)30-22(13)17(27-5)11-15(18)28-16/h10-11,25H,6-9H2,1-5H3. The summed E-state index contributed by atoms with van der Waals surface area (Å²) < 4.78 is 23.9. The van der Waals surface area contributed by atoms with Crippen molar-refractivity contribution in [2.75, 3.05) is 7.11 Å². The molecule has 2 aliphatic heterocycles. The van der Waals surface area contributed by atoms with E-state index in [4.69, 9.17) is 18.6 Å². The number of benzene rings is 2. The van der Waals surface area contributed by atoms with Crippen molar-refractivity contribution in [2.24, 2.45) is 0 Å². The molecule has 30 heavy (non-hydrogen) atoms. The summed E-state index contributed by atoms with van der Waals surface area (Å²) in [5, 5.41) is 11.6. The van der Waals surface area contributed by atoms with Crippen molar-refractivity contribution in [2.45, 2.75) is 64.6 Å². The van der Waals surface area contributed by atoms with E-state index in [0.717, 1.165) is 18.4 Å². The lowest BCUT2D eigenvalue weighted by molar-refractivity contribution is 0.0809. The third kappa shape index (κ3) is 2.73. The zero-order valence-electron chi connectivity index (χ0n) is 18.0. The van der Waals surface area contributed by atoms with Crippen molar-refractivity contribution >= 4 is 21.9 Å². The first-order valence-corrected chi connectivity index (χ1v) is 10.3. The fraction of sp³-hybridized carbons (Fsp3) is 0.458. The van der Waals surface area contributed by atoms with Crippen LogP contribution >= 0.6 is 0 Å². The van der Waals surface area contributed by atoms with Gasteiger partial charge < -0.3 is 23.7 Å². The number of hydrogen-bond acceptors (Lipinski definition) is 6. The molecule has 3 aromatic rings. The molecule has 1 aromatic heterocycles. The minimum absolute atomic E-state index is 0.0460. The van der Waals surface area contributed by atoms with Crippen LogP contribution in [0.25, 0.3) is 21.9 Å². The summed E-state index contributed by atoms with van der Waals surface area (Å²) in [4.78, 5) is 13.6. The summed E-state index contributed by atoms with van der Waals surface area (Å²) in [6.45, 7) is 8.04. The molecule has 0 atom stereocenters. The number of fused-ring (bicyclic) bond motifs is 5. The Labute approximate surface area is 174 Å². The number of ether oxygens (including phenoxy) is 3. The van der Waals surface area contributed by atoms with Crippen molar-refractivity contribution in [1.82, 2.24) is 0 Å². The molecule has 0 bridgehead atoms. The van der Waals surface area contributed by atoms with Gasteiger partial charge in [-0.3, -0.25) is 4.79 Å². The molecule has 1 N–H and O–H groups in total. The number of phenolic OH excluding ortho intramolecular Hbond substituents is 1. The molecule has 5 rings (SSSR count). The molecule has 0 aliphatic carbocycles. The Morgan fingerprint density at radius 1 is 0.933 bits per heavy atom. The Hall–Kier alpha value is -2.89. The van der Waals surface area contributed by atoms with Crippen LogP contribution in [0.4, 0.5) is 0 Å². The molecule has 0 saturated carbocycles. The average Bonchev–Trinajstić information content (AvgIpc) is 2.65. The summed E-state index contributed by atoms with van der Waals surface area (Å²) in [5.41, 5.74) is 1.22. The smallest absolute Gasteiger partial charge is 0.204 e. The van der Waals surface area contributed by atoms with Crippen molar-refractivity contribution in [3.05, 3.63) is 33.5 Å². The van der Waals surface area contributed by atoms with Crippen molar-refractivity contribution in [3.8, 4) is 23.0 Å². The quantitative estimate of drug-likeness (QED) is 0.577. The molecule has 0 fully saturated rings. The van der Waals surface area contributed by atoms with E-state index >= 15 is 0 Å². The van der Waals surface area contributed by atoms with Gasteiger partial charge in [-0.05, 0) is 53.4 Å². The lowest BCUT2D eigenvalue weighted by atomic mass is 9.90. The van der Waals surface area contributed by atoms with Crippen LogP contribution in [0, 0.1) is 0 Å². The summed E-state index contributed by atoms with van der Waals surface area (Å²) in [6.07, 6.45) is 2.82. The van der Waals surface area contributed by atoms with Gasteiger partial charge in [-0.25, -0.2) is 0 Å². The lowest BCUT2D eigenvalue weighted by Crippen LogP contribution is -2.33. The molecule has 0 radical (unpaired) electrons. The maximum absolute atomic E-state index is 13.6. The van der Waals surface area contributed by atoms with Gasteiger partial charge in [-0.2, -0.15) is 0 Å².